The summed E-state index contributed by atoms with van der Waals surface area (Å²) in [6.45, 7) is 2.16. The van der Waals surface area contributed by atoms with Crippen LogP contribution in [0.5, 0.6) is 5.75 Å². The number of ether oxygens (including phenoxy) is 1. The van der Waals surface area contributed by atoms with Crippen LogP contribution >= 0.6 is 0 Å². The molecule has 1 heterocycles. The number of fused-ring (bicyclic) bond motifs is 1. The zero-order valence-electron chi connectivity index (χ0n) is 7.30. The molecule has 0 fully saturated rings. The highest BCUT2D eigenvalue weighted by Gasteiger charge is 2.25. The number of halogens is 1. The van der Waals surface area contributed by atoms with Crippen LogP contribution in [0.1, 0.15) is 6.92 Å². The number of benzene rings is 1. The Kier molecular flexibility index (Phi) is 1.66. The summed E-state index contributed by atoms with van der Waals surface area (Å²) in [6, 6.07) is 4.34. The first-order valence-corrected chi connectivity index (χ1v) is 4.06. The maximum absolute atomic E-state index is 12.7. The lowest BCUT2D eigenvalue weighted by molar-refractivity contribution is 0.233. The molecular formula is C9H11FN2O. The van der Waals surface area contributed by atoms with Crippen molar-refractivity contribution in [3.05, 3.63) is 24.0 Å². The molecule has 0 aliphatic carbocycles. The summed E-state index contributed by atoms with van der Waals surface area (Å²) >= 11 is 0. The molecular weight excluding hydrogens is 171 g/mol. The molecule has 1 aromatic rings. The highest BCUT2D eigenvalue weighted by Crippen LogP contribution is 2.30. The van der Waals surface area contributed by atoms with Crippen LogP contribution in [0.25, 0.3) is 0 Å². The maximum Gasteiger partial charge on any atom is 0.145 e. The maximum atomic E-state index is 12.7. The summed E-state index contributed by atoms with van der Waals surface area (Å²) in [4.78, 5) is 0. The summed E-state index contributed by atoms with van der Waals surface area (Å²) < 4.78 is 18.0. The Morgan fingerprint density at radius 1 is 1.62 bits per heavy atom. The molecule has 0 saturated carbocycles. The second-order valence-corrected chi connectivity index (χ2v) is 3.47. The van der Waals surface area contributed by atoms with Crippen LogP contribution in [0.15, 0.2) is 18.2 Å². The van der Waals surface area contributed by atoms with Gasteiger partial charge in [-0.2, -0.15) is 0 Å². The topological polar surface area (TPSA) is 47.3 Å². The van der Waals surface area contributed by atoms with E-state index in [0.29, 0.717) is 12.4 Å². The Morgan fingerprint density at radius 2 is 2.38 bits per heavy atom. The standard InChI is InChI=1S/C9H11FN2O/c1-9(11)5-13-8-4-6(10)2-3-7(8)12-9/h2-4,12H,5,11H2,1H3/t9-/m0/s1. The van der Waals surface area contributed by atoms with E-state index < -0.39 is 5.66 Å². The van der Waals surface area contributed by atoms with E-state index in [9.17, 15) is 4.39 Å². The molecule has 13 heavy (non-hydrogen) atoms. The second kappa shape index (κ2) is 2.60. The van der Waals surface area contributed by atoms with Crippen molar-refractivity contribution in [3.63, 3.8) is 0 Å². The minimum atomic E-state index is -0.579. The molecule has 0 aromatic heterocycles. The first-order valence-electron chi connectivity index (χ1n) is 4.06. The van der Waals surface area contributed by atoms with Gasteiger partial charge in [-0.25, -0.2) is 4.39 Å². The monoisotopic (exact) mass is 182 g/mol. The fourth-order valence-electron chi connectivity index (χ4n) is 1.29. The summed E-state index contributed by atoms with van der Waals surface area (Å²) in [7, 11) is 0. The third kappa shape index (κ3) is 1.58. The molecule has 0 radical (unpaired) electrons. The zero-order chi connectivity index (χ0) is 9.47. The third-order valence-electron chi connectivity index (χ3n) is 1.89. The number of nitrogens with two attached hydrogens (primary N) is 1. The van der Waals surface area contributed by atoms with Crippen LogP contribution in [0.2, 0.25) is 0 Å². The minimum Gasteiger partial charge on any atom is -0.487 e. The third-order valence-corrected chi connectivity index (χ3v) is 1.89. The van der Waals surface area contributed by atoms with Gasteiger partial charge >= 0.3 is 0 Å². The Morgan fingerprint density at radius 3 is 3.15 bits per heavy atom. The van der Waals surface area contributed by atoms with Crippen molar-refractivity contribution >= 4 is 5.69 Å². The Labute approximate surface area is 75.7 Å². The van der Waals surface area contributed by atoms with Crippen LogP contribution in [-0.2, 0) is 0 Å². The summed E-state index contributed by atoms with van der Waals surface area (Å²) in [5, 5.41) is 3.05. The van der Waals surface area contributed by atoms with Crippen molar-refractivity contribution in [1.29, 1.82) is 0 Å². The fraction of sp³-hybridized carbons (Fsp3) is 0.333. The molecule has 0 unspecified atom stereocenters. The average Bonchev–Trinajstić information content (AvgIpc) is 2.05. The van der Waals surface area contributed by atoms with E-state index in [4.69, 9.17) is 10.5 Å². The van der Waals surface area contributed by atoms with Gasteiger partial charge in [-0.3, -0.25) is 0 Å². The Bertz CT molecular complexity index is 338. The van der Waals surface area contributed by atoms with E-state index in [1.54, 1.807) is 6.07 Å². The molecule has 1 atom stereocenters. The van der Waals surface area contributed by atoms with E-state index in [-0.39, 0.29) is 5.82 Å². The van der Waals surface area contributed by atoms with Gasteiger partial charge in [-0.05, 0) is 19.1 Å². The van der Waals surface area contributed by atoms with Crippen molar-refractivity contribution < 1.29 is 9.13 Å². The molecule has 0 amide bonds. The Balaban J connectivity index is 2.37. The van der Waals surface area contributed by atoms with Gasteiger partial charge in [-0.1, -0.05) is 0 Å². The molecule has 1 aromatic carbocycles. The van der Waals surface area contributed by atoms with Crippen molar-refractivity contribution in [2.75, 3.05) is 11.9 Å². The molecule has 0 saturated heterocycles. The van der Waals surface area contributed by atoms with E-state index in [1.807, 2.05) is 6.92 Å². The first-order chi connectivity index (χ1) is 6.07. The molecule has 70 valence electrons. The number of rotatable bonds is 0. The van der Waals surface area contributed by atoms with Crippen molar-refractivity contribution in [2.45, 2.75) is 12.6 Å². The lowest BCUT2D eigenvalue weighted by Gasteiger charge is -2.33. The fourth-order valence-corrected chi connectivity index (χ4v) is 1.29. The number of hydrogen-bond acceptors (Lipinski definition) is 3. The first kappa shape index (κ1) is 8.31. The SMILES string of the molecule is C[C@@]1(N)COc2cc(F)ccc2N1. The van der Waals surface area contributed by atoms with E-state index in [1.165, 1.54) is 12.1 Å². The molecule has 1 aliphatic rings. The average molecular weight is 182 g/mol. The number of nitrogens with one attached hydrogen (secondary N) is 1. The molecule has 1 aliphatic heterocycles. The van der Waals surface area contributed by atoms with Crippen LogP contribution < -0.4 is 15.8 Å². The van der Waals surface area contributed by atoms with Crippen LogP contribution in [0.4, 0.5) is 10.1 Å². The van der Waals surface area contributed by atoms with E-state index >= 15 is 0 Å². The Hall–Kier alpha value is -1.29. The van der Waals surface area contributed by atoms with Gasteiger partial charge in [0.05, 0.1) is 5.69 Å². The second-order valence-electron chi connectivity index (χ2n) is 3.47. The summed E-state index contributed by atoms with van der Waals surface area (Å²) in [5.74, 6) is 0.212. The molecule has 2 rings (SSSR count). The van der Waals surface area contributed by atoms with Crippen molar-refractivity contribution in [1.82, 2.24) is 0 Å². The van der Waals surface area contributed by atoms with Gasteiger partial charge in [0.25, 0.3) is 0 Å². The predicted molar refractivity (Wildman–Crippen MR) is 48.1 cm³/mol. The predicted octanol–water partition coefficient (Wildman–Crippen LogP) is 1.30. The van der Waals surface area contributed by atoms with Crippen LogP contribution in [0, 0.1) is 5.82 Å². The summed E-state index contributed by atoms with van der Waals surface area (Å²) in [6.07, 6.45) is 0. The molecule has 0 spiro atoms. The lowest BCUT2D eigenvalue weighted by atomic mass is 10.1. The molecule has 3 N–H and O–H groups in total. The largest absolute Gasteiger partial charge is 0.487 e. The van der Waals surface area contributed by atoms with E-state index in [2.05, 4.69) is 5.32 Å². The van der Waals surface area contributed by atoms with Gasteiger partial charge in [-0.15, -0.1) is 0 Å². The molecule has 0 bridgehead atoms. The van der Waals surface area contributed by atoms with Gasteiger partial charge in [0.1, 0.15) is 23.8 Å². The quantitative estimate of drug-likeness (QED) is 0.635. The van der Waals surface area contributed by atoms with Gasteiger partial charge in [0.15, 0.2) is 0 Å². The smallest absolute Gasteiger partial charge is 0.145 e. The minimum absolute atomic E-state index is 0.304. The van der Waals surface area contributed by atoms with E-state index in [0.717, 1.165) is 5.69 Å². The normalized spacial score (nSPS) is 25.8. The molecule has 4 heteroatoms. The van der Waals surface area contributed by atoms with Gasteiger partial charge in [0, 0.05) is 6.07 Å². The van der Waals surface area contributed by atoms with Crippen molar-refractivity contribution in [3.8, 4) is 5.75 Å². The van der Waals surface area contributed by atoms with Crippen LogP contribution in [-0.4, -0.2) is 12.3 Å². The number of anilines is 1. The zero-order valence-corrected chi connectivity index (χ0v) is 7.30. The van der Waals surface area contributed by atoms with Crippen molar-refractivity contribution in [2.24, 2.45) is 5.73 Å². The number of hydrogen-bond donors (Lipinski definition) is 2. The lowest BCUT2D eigenvalue weighted by Crippen LogP contribution is -2.51. The highest BCUT2D eigenvalue weighted by atomic mass is 19.1. The molecule has 3 nitrogen and oxygen atoms in total. The van der Waals surface area contributed by atoms with Crippen LogP contribution in [0.3, 0.4) is 0 Å². The highest BCUT2D eigenvalue weighted by molar-refractivity contribution is 5.59. The van der Waals surface area contributed by atoms with Gasteiger partial charge < -0.3 is 15.8 Å². The summed E-state index contributed by atoms with van der Waals surface area (Å²) in [5.41, 5.74) is 5.96. The van der Waals surface area contributed by atoms with Gasteiger partial charge in [0.2, 0.25) is 0 Å².